The second-order valence-electron chi connectivity index (χ2n) is 5.56. The maximum absolute atomic E-state index is 10.3. The van der Waals surface area contributed by atoms with Crippen molar-refractivity contribution in [2.75, 3.05) is 13.1 Å². The van der Waals surface area contributed by atoms with Crippen LogP contribution < -0.4 is 0 Å². The van der Waals surface area contributed by atoms with Crippen molar-refractivity contribution in [2.24, 2.45) is 10.4 Å². The summed E-state index contributed by atoms with van der Waals surface area (Å²) in [5.74, 6) is 0. The largest absolute Gasteiger partial charge is 0.299 e. The Hall–Kier alpha value is -1.44. The third-order valence-electron chi connectivity index (χ3n) is 4.46. The summed E-state index contributed by atoms with van der Waals surface area (Å²) in [6.07, 6.45) is 5.16. The highest BCUT2D eigenvalue weighted by Gasteiger charge is 2.55. The van der Waals surface area contributed by atoms with Gasteiger partial charge in [0.1, 0.15) is 0 Å². The lowest BCUT2D eigenvalue weighted by Gasteiger charge is -2.32. The normalized spacial score (nSPS) is 25.7. The Morgan fingerprint density at radius 1 is 1.28 bits per heavy atom. The van der Waals surface area contributed by atoms with Crippen molar-refractivity contribution < 1.29 is 4.79 Å². The molecule has 2 aliphatic rings. The first-order valence-electron chi connectivity index (χ1n) is 6.66. The fourth-order valence-corrected chi connectivity index (χ4v) is 3.11. The zero-order chi connectivity index (χ0) is 12.4. The van der Waals surface area contributed by atoms with Gasteiger partial charge in [-0.1, -0.05) is 30.3 Å². The lowest BCUT2D eigenvalue weighted by Crippen LogP contribution is -2.35. The molecule has 2 fully saturated rings. The highest BCUT2D eigenvalue weighted by molar-refractivity contribution is 5.36. The maximum Gasteiger partial charge on any atom is 0.235 e. The lowest BCUT2D eigenvalue weighted by atomic mass is 9.92. The quantitative estimate of drug-likeness (QED) is 0.602. The molecule has 0 aromatic heterocycles. The second-order valence-corrected chi connectivity index (χ2v) is 5.56. The zero-order valence-electron chi connectivity index (χ0n) is 10.5. The van der Waals surface area contributed by atoms with Crippen molar-refractivity contribution in [1.82, 2.24) is 4.90 Å². The van der Waals surface area contributed by atoms with E-state index in [9.17, 15) is 4.79 Å². The minimum absolute atomic E-state index is 0.272. The molecule has 1 aliphatic carbocycles. The van der Waals surface area contributed by atoms with Crippen molar-refractivity contribution in [3.05, 3.63) is 35.9 Å². The molecule has 1 aliphatic heterocycles. The van der Waals surface area contributed by atoms with Gasteiger partial charge in [0.15, 0.2) is 0 Å². The Labute approximate surface area is 108 Å². The van der Waals surface area contributed by atoms with E-state index in [1.54, 1.807) is 6.08 Å². The van der Waals surface area contributed by atoms with Crippen LogP contribution in [-0.2, 0) is 11.3 Å². The molecular formula is C15H18N2O. The number of nitrogens with zero attached hydrogens (tertiary/aromatic N) is 2. The van der Waals surface area contributed by atoms with Crippen LogP contribution in [0.4, 0.5) is 0 Å². The summed E-state index contributed by atoms with van der Waals surface area (Å²) in [6.45, 7) is 3.29. The number of isocyanates is 1. The monoisotopic (exact) mass is 242 g/mol. The molecule has 0 amide bonds. The fraction of sp³-hybridized carbons (Fsp3) is 0.533. The molecule has 0 radical (unpaired) electrons. The second kappa shape index (κ2) is 4.68. The van der Waals surface area contributed by atoms with Crippen molar-refractivity contribution in [3.63, 3.8) is 0 Å². The first-order chi connectivity index (χ1) is 8.82. The van der Waals surface area contributed by atoms with Crippen LogP contribution in [0.5, 0.6) is 0 Å². The molecule has 0 N–H and O–H groups in total. The van der Waals surface area contributed by atoms with Gasteiger partial charge in [-0.3, -0.25) is 4.90 Å². The fourth-order valence-electron chi connectivity index (χ4n) is 3.11. The first kappa shape index (κ1) is 11.6. The number of rotatable bonds is 3. The summed E-state index contributed by atoms with van der Waals surface area (Å²) in [5, 5.41) is 0. The van der Waals surface area contributed by atoms with Gasteiger partial charge in [-0.2, -0.15) is 0 Å². The highest BCUT2D eigenvalue weighted by Crippen LogP contribution is 2.55. The van der Waals surface area contributed by atoms with Gasteiger partial charge >= 0.3 is 0 Å². The number of benzene rings is 1. The average molecular weight is 242 g/mol. The molecule has 94 valence electrons. The predicted molar refractivity (Wildman–Crippen MR) is 69.9 cm³/mol. The van der Waals surface area contributed by atoms with Gasteiger partial charge in [-0.15, -0.1) is 0 Å². The van der Waals surface area contributed by atoms with Gasteiger partial charge in [0.05, 0.1) is 6.04 Å². The van der Waals surface area contributed by atoms with Crippen molar-refractivity contribution in [3.8, 4) is 0 Å². The summed E-state index contributed by atoms with van der Waals surface area (Å²) < 4.78 is 0. The van der Waals surface area contributed by atoms with Gasteiger partial charge in [-0.25, -0.2) is 9.79 Å². The molecule has 1 saturated carbocycles. The van der Waals surface area contributed by atoms with E-state index in [0.29, 0.717) is 5.41 Å². The molecule has 1 atom stereocenters. The van der Waals surface area contributed by atoms with E-state index in [1.807, 2.05) is 0 Å². The van der Waals surface area contributed by atoms with E-state index in [2.05, 4.69) is 40.2 Å². The third kappa shape index (κ3) is 2.24. The average Bonchev–Trinajstić information content (AvgIpc) is 3.07. The van der Waals surface area contributed by atoms with Gasteiger partial charge in [-0.05, 0) is 43.3 Å². The minimum Gasteiger partial charge on any atom is -0.299 e. The molecule has 18 heavy (non-hydrogen) atoms. The van der Waals surface area contributed by atoms with Crippen LogP contribution in [-0.4, -0.2) is 30.1 Å². The van der Waals surface area contributed by atoms with Crippen LogP contribution in [0.25, 0.3) is 0 Å². The maximum atomic E-state index is 10.3. The van der Waals surface area contributed by atoms with Gasteiger partial charge < -0.3 is 0 Å². The summed E-state index contributed by atoms with van der Waals surface area (Å²) in [4.78, 5) is 16.7. The van der Waals surface area contributed by atoms with Crippen molar-refractivity contribution in [2.45, 2.75) is 31.8 Å². The van der Waals surface area contributed by atoms with E-state index < -0.39 is 0 Å². The molecule has 1 saturated heterocycles. The smallest absolute Gasteiger partial charge is 0.235 e. The number of likely N-dealkylation sites (tertiary alicyclic amines) is 1. The van der Waals surface area contributed by atoms with E-state index in [0.717, 1.165) is 26.1 Å². The number of hydrogen-bond donors (Lipinski definition) is 0. The molecule has 1 heterocycles. The molecule has 1 aromatic carbocycles. The zero-order valence-corrected chi connectivity index (χ0v) is 10.5. The van der Waals surface area contributed by atoms with E-state index >= 15 is 0 Å². The topological polar surface area (TPSA) is 32.7 Å². The Kier molecular flexibility index (Phi) is 3.02. The standard InChI is InChI=1S/C15H18N2O/c18-12-16-14-10-15(14)6-8-17(9-7-15)11-13-4-2-1-3-5-13/h1-5,14H,6-11H2. The Bertz CT molecular complexity index is 457. The van der Waals surface area contributed by atoms with Crippen LogP contribution in [0, 0.1) is 5.41 Å². The Morgan fingerprint density at radius 2 is 2.00 bits per heavy atom. The Balaban J connectivity index is 1.54. The first-order valence-corrected chi connectivity index (χ1v) is 6.66. The molecule has 1 spiro atoms. The molecule has 3 heteroatoms. The molecule has 3 rings (SSSR count). The molecule has 1 aromatic rings. The lowest BCUT2D eigenvalue weighted by molar-refractivity contribution is 0.163. The summed E-state index contributed by atoms with van der Waals surface area (Å²) in [6, 6.07) is 10.9. The van der Waals surface area contributed by atoms with E-state index in [1.165, 1.54) is 18.4 Å². The summed E-state index contributed by atoms with van der Waals surface area (Å²) >= 11 is 0. The van der Waals surface area contributed by atoms with E-state index in [-0.39, 0.29) is 6.04 Å². The van der Waals surface area contributed by atoms with Gasteiger partial charge in [0.25, 0.3) is 0 Å². The van der Waals surface area contributed by atoms with Crippen LogP contribution in [0.3, 0.4) is 0 Å². The van der Waals surface area contributed by atoms with Crippen LogP contribution in [0.2, 0.25) is 0 Å². The van der Waals surface area contributed by atoms with Crippen LogP contribution in [0.1, 0.15) is 24.8 Å². The SMILES string of the molecule is O=C=NC1CC12CCN(Cc1ccccc1)CC2. The number of hydrogen-bond acceptors (Lipinski definition) is 3. The molecule has 0 bridgehead atoms. The van der Waals surface area contributed by atoms with Crippen LogP contribution >= 0.6 is 0 Å². The predicted octanol–water partition coefficient (Wildman–Crippen LogP) is 2.38. The van der Waals surface area contributed by atoms with E-state index in [4.69, 9.17) is 0 Å². The summed E-state index contributed by atoms with van der Waals surface area (Å²) in [7, 11) is 0. The molecule has 3 nitrogen and oxygen atoms in total. The number of piperidine rings is 1. The minimum atomic E-state index is 0.272. The highest BCUT2D eigenvalue weighted by atomic mass is 16.1. The van der Waals surface area contributed by atoms with Crippen molar-refractivity contribution >= 4 is 6.08 Å². The van der Waals surface area contributed by atoms with Gasteiger partial charge in [0.2, 0.25) is 6.08 Å². The van der Waals surface area contributed by atoms with Crippen molar-refractivity contribution in [1.29, 1.82) is 0 Å². The van der Waals surface area contributed by atoms with Crippen LogP contribution in [0.15, 0.2) is 35.3 Å². The molecule has 1 unspecified atom stereocenters. The van der Waals surface area contributed by atoms with Gasteiger partial charge in [0, 0.05) is 6.54 Å². The molecular weight excluding hydrogens is 224 g/mol. The Morgan fingerprint density at radius 3 is 2.67 bits per heavy atom. The third-order valence-corrected chi connectivity index (χ3v) is 4.46. The summed E-state index contributed by atoms with van der Waals surface area (Å²) in [5.41, 5.74) is 1.73. The number of carbonyl (C=O) groups excluding carboxylic acids is 1. The number of aliphatic imine (C=N–C) groups is 1.